The highest BCUT2D eigenvalue weighted by Crippen LogP contribution is 2.38. The molecule has 1 atom stereocenters. The summed E-state index contributed by atoms with van der Waals surface area (Å²) in [7, 11) is 1.60. The average molecular weight is 402 g/mol. The maximum Gasteiger partial charge on any atom is 0.289 e. The molecule has 0 N–H and O–H groups in total. The second kappa shape index (κ2) is 7.87. The highest BCUT2D eigenvalue weighted by Gasteiger charge is 2.26. The molecule has 140 valence electrons. The molecule has 6 heteroatoms. The molecule has 0 aliphatic carbocycles. The highest BCUT2D eigenvalue weighted by molar-refractivity contribution is 7.99. The molecule has 1 aliphatic rings. The van der Waals surface area contributed by atoms with Crippen molar-refractivity contribution in [2.24, 2.45) is 0 Å². The van der Waals surface area contributed by atoms with Crippen molar-refractivity contribution in [1.29, 1.82) is 0 Å². The summed E-state index contributed by atoms with van der Waals surface area (Å²) in [6.45, 7) is 1.37. The Hall–Kier alpha value is -2.11. The number of para-hydroxylation sites is 1. The number of methoxy groups -OCH3 is 1. The van der Waals surface area contributed by atoms with E-state index < -0.39 is 0 Å². The van der Waals surface area contributed by atoms with Crippen molar-refractivity contribution in [3.8, 4) is 5.75 Å². The van der Waals surface area contributed by atoms with E-state index in [1.807, 2.05) is 53.1 Å². The molecule has 4 nitrogen and oxygen atoms in total. The Bertz CT molecular complexity index is 971. The number of hydrogen-bond donors (Lipinski definition) is 0. The lowest BCUT2D eigenvalue weighted by atomic mass is 10.1. The van der Waals surface area contributed by atoms with E-state index in [0.29, 0.717) is 35.4 Å². The molecule has 0 radical (unpaired) electrons. The summed E-state index contributed by atoms with van der Waals surface area (Å²) in [5.41, 5.74) is 1.76. The van der Waals surface area contributed by atoms with Crippen LogP contribution in [0.1, 0.15) is 27.8 Å². The Labute approximate surface area is 167 Å². The summed E-state index contributed by atoms with van der Waals surface area (Å²) in [4.78, 5) is 14.9. The normalized spacial score (nSPS) is 17.7. The summed E-state index contributed by atoms with van der Waals surface area (Å²) >= 11 is 8.21. The van der Waals surface area contributed by atoms with Gasteiger partial charge in [0.15, 0.2) is 17.1 Å². The van der Waals surface area contributed by atoms with Gasteiger partial charge in [-0.1, -0.05) is 41.9 Å². The predicted molar refractivity (Wildman–Crippen MR) is 110 cm³/mol. The molecular formula is C21H20ClNO3S. The fourth-order valence-corrected chi connectivity index (χ4v) is 5.02. The van der Waals surface area contributed by atoms with Gasteiger partial charge in [-0.05, 0) is 30.2 Å². The number of thioether (sulfide) groups is 1. The standard InChI is InChI=1S/C21H20ClNO3S/c1-25-17-8-4-5-14-13-18(26-20(14)17)21(24)23-10-9-19(27-12-11-23)15-6-2-3-7-16(15)22/h2-8,13,19H,9-12H2,1H3/t19-/m0/s1. The molecule has 0 saturated carbocycles. The number of ether oxygens (including phenoxy) is 1. The van der Waals surface area contributed by atoms with Crippen molar-refractivity contribution in [2.75, 3.05) is 26.0 Å². The summed E-state index contributed by atoms with van der Waals surface area (Å²) in [6, 6.07) is 15.4. The van der Waals surface area contributed by atoms with Gasteiger partial charge in [-0.3, -0.25) is 4.79 Å². The van der Waals surface area contributed by atoms with E-state index in [9.17, 15) is 4.79 Å². The van der Waals surface area contributed by atoms with Gasteiger partial charge in [-0.25, -0.2) is 0 Å². The van der Waals surface area contributed by atoms with Gasteiger partial charge < -0.3 is 14.1 Å². The third kappa shape index (κ3) is 3.66. The molecule has 27 heavy (non-hydrogen) atoms. The minimum Gasteiger partial charge on any atom is -0.493 e. The van der Waals surface area contributed by atoms with Crippen molar-refractivity contribution in [2.45, 2.75) is 11.7 Å². The maximum absolute atomic E-state index is 13.0. The van der Waals surface area contributed by atoms with Crippen LogP contribution in [0.3, 0.4) is 0 Å². The van der Waals surface area contributed by atoms with E-state index in [1.165, 1.54) is 0 Å². The molecule has 4 rings (SSSR count). The number of furan rings is 1. The minimum absolute atomic E-state index is 0.0753. The molecule has 1 amide bonds. The van der Waals surface area contributed by atoms with Gasteiger partial charge >= 0.3 is 0 Å². The van der Waals surface area contributed by atoms with Gasteiger partial charge in [0, 0.05) is 34.5 Å². The van der Waals surface area contributed by atoms with E-state index >= 15 is 0 Å². The van der Waals surface area contributed by atoms with E-state index in [4.69, 9.17) is 20.8 Å². The molecule has 2 heterocycles. The van der Waals surface area contributed by atoms with E-state index in [2.05, 4.69) is 6.07 Å². The van der Waals surface area contributed by atoms with Crippen molar-refractivity contribution in [1.82, 2.24) is 4.90 Å². The first-order valence-electron chi connectivity index (χ1n) is 8.89. The van der Waals surface area contributed by atoms with Crippen LogP contribution in [0.25, 0.3) is 11.0 Å². The molecule has 1 aliphatic heterocycles. The third-order valence-electron chi connectivity index (χ3n) is 4.82. The number of benzene rings is 2. The molecular weight excluding hydrogens is 382 g/mol. The van der Waals surface area contributed by atoms with E-state index in [-0.39, 0.29) is 5.91 Å². The number of carbonyl (C=O) groups excluding carboxylic acids is 1. The number of rotatable bonds is 3. The minimum atomic E-state index is -0.0753. The Balaban J connectivity index is 1.52. The monoisotopic (exact) mass is 401 g/mol. The number of amides is 1. The molecule has 0 bridgehead atoms. The Kier molecular flexibility index (Phi) is 5.32. The highest BCUT2D eigenvalue weighted by atomic mass is 35.5. The number of nitrogens with zero attached hydrogens (tertiary/aromatic N) is 1. The fourth-order valence-electron chi connectivity index (χ4n) is 3.42. The number of fused-ring (bicyclic) bond motifs is 1. The molecule has 0 unspecified atom stereocenters. The van der Waals surface area contributed by atoms with Gasteiger partial charge in [-0.2, -0.15) is 11.8 Å². The Morgan fingerprint density at radius 1 is 1.22 bits per heavy atom. The van der Waals surface area contributed by atoms with Crippen LogP contribution in [0.4, 0.5) is 0 Å². The van der Waals surface area contributed by atoms with E-state index in [1.54, 1.807) is 13.2 Å². The van der Waals surface area contributed by atoms with Crippen molar-refractivity contribution >= 4 is 40.2 Å². The van der Waals surface area contributed by atoms with Gasteiger partial charge in [0.1, 0.15) is 0 Å². The second-order valence-corrected chi connectivity index (χ2v) is 8.17. The average Bonchev–Trinajstić information content (AvgIpc) is 2.98. The van der Waals surface area contributed by atoms with Crippen LogP contribution >= 0.6 is 23.4 Å². The zero-order valence-corrected chi connectivity index (χ0v) is 16.6. The van der Waals surface area contributed by atoms with Crippen LogP contribution in [0, 0.1) is 0 Å². The summed E-state index contributed by atoms with van der Waals surface area (Å²) in [5, 5.41) is 1.96. The van der Waals surface area contributed by atoms with Gasteiger partial charge in [0.05, 0.1) is 7.11 Å². The van der Waals surface area contributed by atoms with Crippen LogP contribution in [0.2, 0.25) is 5.02 Å². The van der Waals surface area contributed by atoms with Crippen molar-refractivity contribution in [3.05, 3.63) is 64.9 Å². The van der Waals surface area contributed by atoms with Crippen LogP contribution < -0.4 is 4.74 Å². The van der Waals surface area contributed by atoms with Crippen LogP contribution in [0.15, 0.2) is 52.9 Å². The topological polar surface area (TPSA) is 42.7 Å². The molecule has 1 fully saturated rings. The third-order valence-corrected chi connectivity index (χ3v) is 6.47. The quantitative estimate of drug-likeness (QED) is 0.588. The Morgan fingerprint density at radius 3 is 2.89 bits per heavy atom. The molecule has 0 spiro atoms. The molecule has 1 saturated heterocycles. The van der Waals surface area contributed by atoms with Gasteiger partial charge in [-0.15, -0.1) is 0 Å². The zero-order valence-electron chi connectivity index (χ0n) is 15.0. The van der Waals surface area contributed by atoms with Crippen molar-refractivity contribution in [3.63, 3.8) is 0 Å². The predicted octanol–water partition coefficient (Wildman–Crippen LogP) is 5.42. The number of carbonyl (C=O) groups is 1. The first-order valence-corrected chi connectivity index (χ1v) is 10.3. The van der Waals surface area contributed by atoms with Gasteiger partial charge in [0.25, 0.3) is 5.91 Å². The lowest BCUT2D eigenvalue weighted by Gasteiger charge is -2.19. The second-order valence-electron chi connectivity index (χ2n) is 6.45. The number of halogens is 1. The van der Waals surface area contributed by atoms with Crippen LogP contribution in [-0.4, -0.2) is 36.8 Å². The van der Waals surface area contributed by atoms with Crippen LogP contribution in [-0.2, 0) is 0 Å². The summed E-state index contributed by atoms with van der Waals surface area (Å²) in [5.74, 6) is 1.78. The maximum atomic E-state index is 13.0. The lowest BCUT2D eigenvalue weighted by Crippen LogP contribution is -2.32. The largest absolute Gasteiger partial charge is 0.493 e. The lowest BCUT2D eigenvalue weighted by molar-refractivity contribution is 0.0737. The van der Waals surface area contributed by atoms with Crippen LogP contribution in [0.5, 0.6) is 5.75 Å². The zero-order chi connectivity index (χ0) is 18.8. The SMILES string of the molecule is COc1cccc2cc(C(=O)N3CCS[C@H](c4ccccc4Cl)CC3)oc12. The molecule has 3 aromatic rings. The summed E-state index contributed by atoms with van der Waals surface area (Å²) < 4.78 is 11.2. The Morgan fingerprint density at radius 2 is 2.07 bits per heavy atom. The van der Waals surface area contributed by atoms with Crippen molar-refractivity contribution < 1.29 is 13.9 Å². The summed E-state index contributed by atoms with van der Waals surface area (Å²) in [6.07, 6.45) is 0.865. The van der Waals surface area contributed by atoms with Gasteiger partial charge in [0.2, 0.25) is 0 Å². The fraction of sp³-hybridized carbons (Fsp3) is 0.286. The molecule has 1 aromatic heterocycles. The molecule has 2 aromatic carbocycles. The van der Waals surface area contributed by atoms with E-state index in [0.717, 1.165) is 28.1 Å². The number of hydrogen-bond acceptors (Lipinski definition) is 4. The first-order chi connectivity index (χ1) is 13.2. The first kappa shape index (κ1) is 18.3. The smallest absolute Gasteiger partial charge is 0.289 e.